The van der Waals surface area contributed by atoms with Gasteiger partial charge in [0.15, 0.2) is 0 Å². The molecule has 0 bridgehead atoms. The second-order valence-electron chi connectivity index (χ2n) is 3.31. The lowest BCUT2D eigenvalue weighted by Crippen LogP contribution is -2.23. The fraction of sp³-hybridized carbons (Fsp3) is 0.455. The molecule has 1 unspecified atom stereocenters. The van der Waals surface area contributed by atoms with Crippen LogP contribution in [0.2, 0.25) is 5.02 Å². The predicted octanol–water partition coefficient (Wildman–Crippen LogP) is 1.22. The van der Waals surface area contributed by atoms with Gasteiger partial charge in [0.1, 0.15) is 18.5 Å². The largest absolute Gasteiger partial charge is 0.489 e. The Bertz CT molecular complexity index is 330. The second kappa shape index (κ2) is 6.70. The molecule has 0 heterocycles. The molecule has 1 rings (SSSR count). The average Bonchev–Trinajstić information content (AvgIpc) is 2.27. The van der Waals surface area contributed by atoms with Crippen LogP contribution in [-0.2, 0) is 11.3 Å². The van der Waals surface area contributed by atoms with Gasteiger partial charge in [0.25, 0.3) is 0 Å². The van der Waals surface area contributed by atoms with E-state index in [1.165, 1.54) is 7.11 Å². The maximum Gasteiger partial charge on any atom is 0.143 e. The molecule has 0 radical (unpaired) electrons. The molecule has 5 heteroatoms. The summed E-state index contributed by atoms with van der Waals surface area (Å²) in [5.41, 5.74) is 0.595. The van der Waals surface area contributed by atoms with Gasteiger partial charge in [0.05, 0.1) is 18.2 Å². The molecule has 0 aliphatic heterocycles. The molecule has 0 amide bonds. The van der Waals surface area contributed by atoms with Crippen LogP contribution in [0.4, 0.5) is 0 Å². The highest BCUT2D eigenvalue weighted by Gasteiger charge is 2.10. The molecule has 0 saturated heterocycles. The number of benzene rings is 1. The molecule has 1 atom stereocenters. The van der Waals surface area contributed by atoms with Crippen molar-refractivity contribution in [1.82, 2.24) is 0 Å². The van der Waals surface area contributed by atoms with Crippen molar-refractivity contribution < 1.29 is 19.7 Å². The monoisotopic (exact) mass is 246 g/mol. The standard InChI is InChI=1S/C11H15ClO4/c1-15-6-9(14)7-16-11-8(5-13)3-2-4-10(11)12/h2-4,9,13-14H,5-7H2,1H3. The highest BCUT2D eigenvalue weighted by Crippen LogP contribution is 2.28. The highest BCUT2D eigenvalue weighted by molar-refractivity contribution is 6.32. The Hall–Kier alpha value is -0.810. The van der Waals surface area contributed by atoms with Gasteiger partial charge in [-0.2, -0.15) is 0 Å². The normalized spacial score (nSPS) is 12.5. The zero-order valence-corrected chi connectivity index (χ0v) is 9.78. The molecule has 0 fully saturated rings. The van der Waals surface area contributed by atoms with Gasteiger partial charge in [0, 0.05) is 12.7 Å². The minimum Gasteiger partial charge on any atom is -0.489 e. The molecule has 2 N–H and O–H groups in total. The van der Waals surface area contributed by atoms with Crippen molar-refractivity contribution >= 4 is 11.6 Å². The summed E-state index contributed by atoms with van der Waals surface area (Å²) in [6.07, 6.45) is -0.715. The molecular formula is C11H15ClO4. The zero-order valence-electron chi connectivity index (χ0n) is 9.02. The molecule has 0 aliphatic rings. The van der Waals surface area contributed by atoms with E-state index in [-0.39, 0.29) is 19.8 Å². The molecule has 0 aromatic heterocycles. The van der Waals surface area contributed by atoms with Gasteiger partial charge in [-0.15, -0.1) is 0 Å². The van der Waals surface area contributed by atoms with E-state index in [9.17, 15) is 5.11 Å². The van der Waals surface area contributed by atoms with Crippen LogP contribution < -0.4 is 4.74 Å². The fourth-order valence-electron chi connectivity index (χ4n) is 1.26. The molecule has 90 valence electrons. The molecule has 0 spiro atoms. The predicted molar refractivity (Wildman–Crippen MR) is 60.8 cm³/mol. The Balaban J connectivity index is 2.65. The highest BCUT2D eigenvalue weighted by atomic mass is 35.5. The summed E-state index contributed by atoms with van der Waals surface area (Å²) in [5.74, 6) is 0.404. The van der Waals surface area contributed by atoms with Crippen LogP contribution in [0.1, 0.15) is 5.56 Å². The Morgan fingerprint density at radius 1 is 1.38 bits per heavy atom. The molecule has 0 aliphatic carbocycles. The number of aliphatic hydroxyl groups excluding tert-OH is 2. The van der Waals surface area contributed by atoms with E-state index < -0.39 is 6.10 Å². The first-order valence-electron chi connectivity index (χ1n) is 4.87. The van der Waals surface area contributed by atoms with Gasteiger partial charge in [-0.3, -0.25) is 0 Å². The van der Waals surface area contributed by atoms with E-state index in [4.69, 9.17) is 26.2 Å². The van der Waals surface area contributed by atoms with Crippen LogP contribution in [0.25, 0.3) is 0 Å². The average molecular weight is 247 g/mol. The summed E-state index contributed by atoms with van der Waals surface area (Å²) >= 11 is 5.92. The van der Waals surface area contributed by atoms with E-state index in [1.807, 2.05) is 0 Å². The number of methoxy groups -OCH3 is 1. The van der Waals surface area contributed by atoms with Gasteiger partial charge in [-0.05, 0) is 6.07 Å². The third-order valence-corrected chi connectivity index (χ3v) is 2.30. The Morgan fingerprint density at radius 2 is 2.12 bits per heavy atom. The topological polar surface area (TPSA) is 58.9 Å². The van der Waals surface area contributed by atoms with E-state index in [1.54, 1.807) is 18.2 Å². The van der Waals surface area contributed by atoms with E-state index in [0.717, 1.165) is 0 Å². The number of aliphatic hydroxyl groups is 2. The molecule has 1 aromatic rings. The molecule has 4 nitrogen and oxygen atoms in total. The van der Waals surface area contributed by atoms with Crippen molar-refractivity contribution in [2.45, 2.75) is 12.7 Å². The van der Waals surface area contributed by atoms with Crippen molar-refractivity contribution in [3.05, 3.63) is 28.8 Å². The quantitative estimate of drug-likeness (QED) is 0.792. The first-order chi connectivity index (χ1) is 7.69. The Morgan fingerprint density at radius 3 is 2.75 bits per heavy atom. The maximum atomic E-state index is 9.41. The van der Waals surface area contributed by atoms with Crippen LogP contribution in [0, 0.1) is 0 Å². The third kappa shape index (κ3) is 3.64. The van der Waals surface area contributed by atoms with Crippen molar-refractivity contribution in [1.29, 1.82) is 0 Å². The number of hydrogen-bond donors (Lipinski definition) is 2. The summed E-state index contributed by atoms with van der Waals surface area (Å²) < 4.78 is 10.1. The number of rotatable bonds is 6. The summed E-state index contributed by atoms with van der Waals surface area (Å²) in [7, 11) is 1.50. The SMILES string of the molecule is COCC(O)COc1c(Cl)cccc1CO. The fourth-order valence-corrected chi connectivity index (χ4v) is 1.51. The second-order valence-corrected chi connectivity index (χ2v) is 3.71. The van der Waals surface area contributed by atoms with E-state index in [0.29, 0.717) is 16.3 Å². The van der Waals surface area contributed by atoms with Crippen LogP contribution >= 0.6 is 11.6 Å². The number of ether oxygens (including phenoxy) is 2. The maximum absolute atomic E-state index is 9.41. The minimum atomic E-state index is -0.715. The third-order valence-electron chi connectivity index (χ3n) is 2.00. The number of halogens is 1. The van der Waals surface area contributed by atoms with Crippen LogP contribution in [-0.4, -0.2) is 36.6 Å². The summed E-state index contributed by atoms with van der Waals surface area (Å²) in [4.78, 5) is 0. The smallest absolute Gasteiger partial charge is 0.143 e. The van der Waals surface area contributed by atoms with Crippen molar-refractivity contribution in [2.24, 2.45) is 0 Å². The summed E-state index contributed by atoms with van der Waals surface area (Å²) in [6, 6.07) is 5.11. The van der Waals surface area contributed by atoms with Crippen molar-refractivity contribution in [3.8, 4) is 5.75 Å². The van der Waals surface area contributed by atoms with Gasteiger partial charge in [-0.25, -0.2) is 0 Å². The molecular weight excluding hydrogens is 232 g/mol. The van der Waals surface area contributed by atoms with Crippen LogP contribution in [0.15, 0.2) is 18.2 Å². The minimum absolute atomic E-state index is 0.0740. The van der Waals surface area contributed by atoms with E-state index >= 15 is 0 Å². The molecule has 1 aromatic carbocycles. The van der Waals surface area contributed by atoms with Crippen LogP contribution in [0.3, 0.4) is 0 Å². The van der Waals surface area contributed by atoms with Crippen molar-refractivity contribution in [2.75, 3.05) is 20.3 Å². The van der Waals surface area contributed by atoms with Gasteiger partial charge < -0.3 is 19.7 Å². The first kappa shape index (κ1) is 13.3. The zero-order chi connectivity index (χ0) is 12.0. The van der Waals surface area contributed by atoms with Crippen LogP contribution in [0.5, 0.6) is 5.75 Å². The lowest BCUT2D eigenvalue weighted by molar-refractivity contribution is 0.0320. The van der Waals surface area contributed by atoms with Gasteiger partial charge >= 0.3 is 0 Å². The van der Waals surface area contributed by atoms with Crippen molar-refractivity contribution in [3.63, 3.8) is 0 Å². The molecule has 16 heavy (non-hydrogen) atoms. The Kier molecular flexibility index (Phi) is 5.55. The lowest BCUT2D eigenvalue weighted by Gasteiger charge is -2.14. The first-order valence-corrected chi connectivity index (χ1v) is 5.25. The Labute approximate surface area is 99.4 Å². The number of para-hydroxylation sites is 1. The van der Waals surface area contributed by atoms with Gasteiger partial charge in [0.2, 0.25) is 0 Å². The lowest BCUT2D eigenvalue weighted by atomic mass is 10.2. The summed E-state index contributed by atoms with van der Waals surface area (Å²) in [5, 5.41) is 18.9. The van der Waals surface area contributed by atoms with Gasteiger partial charge in [-0.1, -0.05) is 23.7 Å². The summed E-state index contributed by atoms with van der Waals surface area (Å²) in [6.45, 7) is 0.111. The van der Waals surface area contributed by atoms with E-state index in [2.05, 4.69) is 0 Å². The number of hydrogen-bond acceptors (Lipinski definition) is 4. The molecule has 0 saturated carbocycles.